The van der Waals surface area contributed by atoms with Gasteiger partial charge < -0.3 is 15.5 Å². The number of carbonyl (C=O) groups excluding carboxylic acids is 2. The zero-order valence-corrected chi connectivity index (χ0v) is 17.1. The van der Waals surface area contributed by atoms with Gasteiger partial charge in [-0.3, -0.25) is 9.48 Å². The summed E-state index contributed by atoms with van der Waals surface area (Å²) < 4.78 is 1.85. The zero-order valence-electron chi connectivity index (χ0n) is 17.1. The number of aryl methyl sites for hydroxylation is 1. The summed E-state index contributed by atoms with van der Waals surface area (Å²) in [4.78, 5) is 26.3. The fourth-order valence-electron chi connectivity index (χ4n) is 3.95. The normalized spacial score (nSPS) is 17.9. The molecule has 4 rings (SSSR count). The van der Waals surface area contributed by atoms with Gasteiger partial charge in [0.05, 0.1) is 24.5 Å². The van der Waals surface area contributed by atoms with Crippen molar-refractivity contribution in [1.29, 1.82) is 0 Å². The van der Waals surface area contributed by atoms with Crippen LogP contribution in [-0.2, 0) is 18.4 Å². The standard InChI is InChI=1S/C22H29N5O2/c1-15(16-8-10-18(11-9-16)27-12-4-3-5-21(27)28)25-22(29)23-14-20-19(17-6-7-17)13-24-26(20)2/h8-11,13,15,17H,3-7,12,14H2,1-2H3,(H2,23,25,29). The Morgan fingerprint density at radius 3 is 2.69 bits per heavy atom. The number of anilines is 1. The van der Waals surface area contributed by atoms with Gasteiger partial charge in [0.15, 0.2) is 0 Å². The van der Waals surface area contributed by atoms with E-state index in [-0.39, 0.29) is 18.0 Å². The van der Waals surface area contributed by atoms with Crippen molar-refractivity contribution in [1.82, 2.24) is 20.4 Å². The highest BCUT2D eigenvalue weighted by Crippen LogP contribution is 2.41. The highest BCUT2D eigenvalue weighted by atomic mass is 16.2. The van der Waals surface area contributed by atoms with Crippen molar-refractivity contribution in [2.75, 3.05) is 11.4 Å². The number of amides is 3. The maximum Gasteiger partial charge on any atom is 0.315 e. The number of rotatable bonds is 6. The molecular formula is C22H29N5O2. The van der Waals surface area contributed by atoms with E-state index in [0.717, 1.165) is 36.3 Å². The van der Waals surface area contributed by atoms with E-state index in [2.05, 4.69) is 15.7 Å². The first-order chi connectivity index (χ1) is 14.0. The Morgan fingerprint density at radius 1 is 1.24 bits per heavy atom. The Hall–Kier alpha value is -2.83. The van der Waals surface area contributed by atoms with E-state index in [4.69, 9.17) is 0 Å². The number of piperidine rings is 1. The zero-order chi connectivity index (χ0) is 20.4. The lowest BCUT2D eigenvalue weighted by atomic mass is 10.1. The summed E-state index contributed by atoms with van der Waals surface area (Å²) in [6.45, 7) is 3.21. The van der Waals surface area contributed by atoms with Crippen LogP contribution < -0.4 is 15.5 Å². The van der Waals surface area contributed by atoms with Crippen molar-refractivity contribution >= 4 is 17.6 Å². The molecule has 7 nitrogen and oxygen atoms in total. The fraction of sp³-hybridized carbons (Fsp3) is 0.500. The number of carbonyl (C=O) groups is 2. The second-order valence-electron chi connectivity index (χ2n) is 8.09. The van der Waals surface area contributed by atoms with Crippen LogP contribution in [0.25, 0.3) is 0 Å². The van der Waals surface area contributed by atoms with Crippen LogP contribution in [0.2, 0.25) is 0 Å². The van der Waals surface area contributed by atoms with Gasteiger partial charge >= 0.3 is 6.03 Å². The highest BCUT2D eigenvalue weighted by molar-refractivity contribution is 5.93. The molecule has 154 valence electrons. The molecule has 2 aliphatic rings. The molecule has 1 aromatic carbocycles. The van der Waals surface area contributed by atoms with Crippen LogP contribution in [0.15, 0.2) is 30.5 Å². The Labute approximate surface area is 171 Å². The maximum atomic E-state index is 12.4. The van der Waals surface area contributed by atoms with Gasteiger partial charge in [-0.25, -0.2) is 4.79 Å². The molecule has 0 bridgehead atoms. The third kappa shape index (κ3) is 4.44. The monoisotopic (exact) mass is 395 g/mol. The molecule has 1 atom stereocenters. The van der Waals surface area contributed by atoms with E-state index in [1.807, 2.05) is 54.0 Å². The van der Waals surface area contributed by atoms with E-state index in [1.165, 1.54) is 18.4 Å². The predicted octanol–water partition coefficient (Wildman–Crippen LogP) is 3.37. The van der Waals surface area contributed by atoms with Crippen LogP contribution in [0, 0.1) is 0 Å². The molecule has 1 aromatic heterocycles. The van der Waals surface area contributed by atoms with E-state index >= 15 is 0 Å². The largest absolute Gasteiger partial charge is 0.333 e. The Bertz CT molecular complexity index is 885. The third-order valence-corrected chi connectivity index (χ3v) is 5.90. The van der Waals surface area contributed by atoms with Crippen molar-refractivity contribution in [3.05, 3.63) is 47.3 Å². The minimum atomic E-state index is -0.198. The van der Waals surface area contributed by atoms with Crippen molar-refractivity contribution in [3.63, 3.8) is 0 Å². The summed E-state index contributed by atoms with van der Waals surface area (Å²) in [5.41, 5.74) is 4.26. The fourth-order valence-corrected chi connectivity index (χ4v) is 3.95. The molecule has 1 saturated carbocycles. The second-order valence-corrected chi connectivity index (χ2v) is 8.09. The second kappa shape index (κ2) is 8.27. The van der Waals surface area contributed by atoms with Crippen molar-refractivity contribution < 1.29 is 9.59 Å². The van der Waals surface area contributed by atoms with Crippen LogP contribution in [0.5, 0.6) is 0 Å². The Kier molecular flexibility index (Phi) is 5.56. The average molecular weight is 396 g/mol. The molecule has 29 heavy (non-hydrogen) atoms. The molecule has 1 aliphatic heterocycles. The van der Waals surface area contributed by atoms with Gasteiger partial charge in [0.1, 0.15) is 0 Å². The first kappa shape index (κ1) is 19.5. The van der Waals surface area contributed by atoms with E-state index < -0.39 is 0 Å². The SMILES string of the molecule is CC(NC(=O)NCc1c(C2CC2)cnn1C)c1ccc(N2CCCCC2=O)cc1. The lowest BCUT2D eigenvalue weighted by molar-refractivity contribution is -0.119. The van der Waals surface area contributed by atoms with Crippen LogP contribution in [0.3, 0.4) is 0 Å². The Balaban J connectivity index is 1.32. The summed E-state index contributed by atoms with van der Waals surface area (Å²) in [6, 6.07) is 7.56. The number of aromatic nitrogens is 2. The number of hydrogen-bond donors (Lipinski definition) is 2. The molecule has 1 unspecified atom stereocenters. The number of nitrogens with one attached hydrogen (secondary N) is 2. The van der Waals surface area contributed by atoms with Crippen LogP contribution in [0.4, 0.5) is 10.5 Å². The third-order valence-electron chi connectivity index (χ3n) is 5.90. The molecule has 0 spiro atoms. The molecular weight excluding hydrogens is 366 g/mol. The van der Waals surface area contributed by atoms with Gasteiger partial charge in [-0.05, 0) is 61.8 Å². The summed E-state index contributed by atoms with van der Waals surface area (Å²) in [6.07, 6.45) is 6.99. The quantitative estimate of drug-likeness (QED) is 0.787. The summed E-state index contributed by atoms with van der Waals surface area (Å²) in [5.74, 6) is 0.795. The molecule has 2 heterocycles. The molecule has 1 aliphatic carbocycles. The highest BCUT2D eigenvalue weighted by Gasteiger charge is 2.28. The molecule has 2 fully saturated rings. The topological polar surface area (TPSA) is 79.3 Å². The van der Waals surface area contributed by atoms with Gasteiger partial charge in [0.2, 0.25) is 5.91 Å². The first-order valence-corrected chi connectivity index (χ1v) is 10.5. The number of hydrogen-bond acceptors (Lipinski definition) is 3. The molecule has 2 N–H and O–H groups in total. The molecule has 3 amide bonds. The van der Waals surface area contributed by atoms with E-state index in [1.54, 1.807) is 0 Å². The van der Waals surface area contributed by atoms with E-state index in [0.29, 0.717) is 18.9 Å². The number of benzene rings is 1. The van der Waals surface area contributed by atoms with Gasteiger partial charge in [-0.1, -0.05) is 12.1 Å². The summed E-state index contributed by atoms with van der Waals surface area (Å²) >= 11 is 0. The van der Waals surface area contributed by atoms with Crippen LogP contribution in [-0.4, -0.2) is 28.3 Å². The maximum absolute atomic E-state index is 12.4. The molecule has 7 heteroatoms. The van der Waals surface area contributed by atoms with Gasteiger partial charge in [-0.2, -0.15) is 5.10 Å². The predicted molar refractivity (Wildman–Crippen MR) is 112 cm³/mol. The molecule has 0 radical (unpaired) electrons. The van der Waals surface area contributed by atoms with E-state index in [9.17, 15) is 9.59 Å². The van der Waals surface area contributed by atoms with Crippen LogP contribution in [0.1, 0.15) is 67.8 Å². The van der Waals surface area contributed by atoms with Crippen molar-refractivity contribution in [2.45, 2.75) is 57.5 Å². The number of nitrogens with zero attached hydrogens (tertiary/aromatic N) is 3. The Morgan fingerprint density at radius 2 is 2.00 bits per heavy atom. The first-order valence-electron chi connectivity index (χ1n) is 10.5. The van der Waals surface area contributed by atoms with Gasteiger partial charge in [-0.15, -0.1) is 0 Å². The molecule has 2 aromatic rings. The number of urea groups is 1. The summed E-state index contributed by atoms with van der Waals surface area (Å²) in [5, 5.41) is 10.3. The van der Waals surface area contributed by atoms with Gasteiger partial charge in [0.25, 0.3) is 0 Å². The average Bonchev–Trinajstić information content (AvgIpc) is 3.50. The smallest absolute Gasteiger partial charge is 0.315 e. The lowest BCUT2D eigenvalue weighted by Crippen LogP contribution is -2.37. The van der Waals surface area contributed by atoms with Crippen molar-refractivity contribution in [3.8, 4) is 0 Å². The van der Waals surface area contributed by atoms with Crippen molar-refractivity contribution in [2.24, 2.45) is 7.05 Å². The van der Waals surface area contributed by atoms with Gasteiger partial charge in [0, 0.05) is 25.7 Å². The minimum absolute atomic E-state index is 0.129. The minimum Gasteiger partial charge on any atom is -0.333 e. The lowest BCUT2D eigenvalue weighted by Gasteiger charge is -2.27. The summed E-state index contributed by atoms with van der Waals surface area (Å²) in [7, 11) is 1.91. The van der Waals surface area contributed by atoms with Crippen LogP contribution >= 0.6 is 0 Å². The molecule has 1 saturated heterocycles.